The van der Waals surface area contributed by atoms with Gasteiger partial charge >= 0.3 is 0 Å². The fourth-order valence-electron chi connectivity index (χ4n) is 1.37. The second kappa shape index (κ2) is 2.29. The highest BCUT2D eigenvalue weighted by atomic mass is 32.2. The van der Waals surface area contributed by atoms with Crippen LogP contribution in [0.5, 0.6) is 0 Å². The minimum atomic E-state index is -3.55. The summed E-state index contributed by atoms with van der Waals surface area (Å²) < 4.78 is 35.2. The second-order valence-electron chi connectivity index (χ2n) is 2.82. The molecule has 1 aliphatic heterocycles. The van der Waals surface area contributed by atoms with E-state index in [1.807, 2.05) is 0 Å². The van der Waals surface area contributed by atoms with Crippen LogP contribution in [0, 0.1) is 0 Å². The molecule has 0 aromatic heterocycles. The van der Waals surface area contributed by atoms with Crippen LogP contribution in [-0.2, 0) is 15.6 Å². The maximum Gasteiger partial charge on any atom is 0.226 e. The van der Waals surface area contributed by atoms with Crippen LogP contribution in [0.1, 0.15) is 16.6 Å². The Labute approximate surface area is 69.9 Å². The van der Waals surface area contributed by atoms with E-state index in [0.29, 0.717) is 11.1 Å². The first-order valence-electron chi connectivity index (χ1n) is 3.55. The van der Waals surface area contributed by atoms with Gasteiger partial charge in [0.2, 0.25) is 5.50 Å². The van der Waals surface area contributed by atoms with E-state index in [-0.39, 0.29) is 5.75 Å². The molecule has 1 aromatic carbocycles. The smallest absolute Gasteiger partial charge is 0.225 e. The molecule has 0 spiro atoms. The molecule has 1 aromatic rings. The van der Waals surface area contributed by atoms with Gasteiger partial charge in [0.15, 0.2) is 9.84 Å². The lowest BCUT2D eigenvalue weighted by Crippen LogP contribution is -2.00. The Bertz CT molecular complexity index is 411. The van der Waals surface area contributed by atoms with Gasteiger partial charge in [-0.2, -0.15) is 0 Å². The van der Waals surface area contributed by atoms with Crippen LogP contribution >= 0.6 is 0 Å². The molecule has 0 N–H and O–H groups in total. The van der Waals surface area contributed by atoms with Gasteiger partial charge in [-0.25, -0.2) is 12.8 Å². The molecular formula is C8H7FO2S. The lowest BCUT2D eigenvalue weighted by Gasteiger charge is -1.97. The predicted molar refractivity (Wildman–Crippen MR) is 42.9 cm³/mol. The van der Waals surface area contributed by atoms with Gasteiger partial charge in [0, 0.05) is 5.56 Å². The molecule has 4 heteroatoms. The number of rotatable bonds is 0. The van der Waals surface area contributed by atoms with Crippen molar-refractivity contribution in [1.29, 1.82) is 0 Å². The first-order chi connectivity index (χ1) is 5.61. The summed E-state index contributed by atoms with van der Waals surface area (Å²) in [6, 6.07) is 6.52. The van der Waals surface area contributed by atoms with Crippen LogP contribution in [0.3, 0.4) is 0 Å². The van der Waals surface area contributed by atoms with Crippen molar-refractivity contribution in [2.24, 2.45) is 0 Å². The van der Waals surface area contributed by atoms with E-state index in [1.54, 1.807) is 18.2 Å². The molecule has 1 heterocycles. The molecular weight excluding hydrogens is 179 g/mol. The molecule has 1 aliphatic rings. The van der Waals surface area contributed by atoms with E-state index in [9.17, 15) is 12.8 Å². The van der Waals surface area contributed by atoms with Crippen molar-refractivity contribution in [2.75, 3.05) is 0 Å². The van der Waals surface area contributed by atoms with E-state index in [1.165, 1.54) is 6.07 Å². The molecule has 0 unspecified atom stereocenters. The van der Waals surface area contributed by atoms with Gasteiger partial charge in [-0.1, -0.05) is 24.3 Å². The third-order valence-corrected chi connectivity index (χ3v) is 3.57. The van der Waals surface area contributed by atoms with Crippen LogP contribution in [0.25, 0.3) is 0 Å². The van der Waals surface area contributed by atoms with E-state index in [2.05, 4.69) is 0 Å². The molecule has 0 radical (unpaired) electrons. The molecule has 0 saturated heterocycles. The largest absolute Gasteiger partial charge is 0.226 e. The number of halogens is 1. The lowest BCUT2D eigenvalue weighted by molar-refractivity contribution is 0.438. The van der Waals surface area contributed by atoms with E-state index in [4.69, 9.17) is 0 Å². The summed E-state index contributed by atoms with van der Waals surface area (Å²) in [6.07, 6.45) is 0. The summed E-state index contributed by atoms with van der Waals surface area (Å²) in [7, 11) is -3.55. The van der Waals surface area contributed by atoms with Crippen molar-refractivity contribution in [3.8, 4) is 0 Å². The highest BCUT2D eigenvalue weighted by Crippen LogP contribution is 2.36. The normalized spacial score (nSPS) is 25.2. The number of benzene rings is 1. The zero-order valence-corrected chi connectivity index (χ0v) is 7.01. The summed E-state index contributed by atoms with van der Waals surface area (Å²) in [6.45, 7) is 0. The molecule has 12 heavy (non-hydrogen) atoms. The zero-order chi connectivity index (χ0) is 8.77. The van der Waals surface area contributed by atoms with Gasteiger partial charge in [0.05, 0.1) is 5.75 Å². The monoisotopic (exact) mass is 186 g/mol. The Morgan fingerprint density at radius 2 is 2.00 bits per heavy atom. The summed E-state index contributed by atoms with van der Waals surface area (Å²) >= 11 is 0. The molecule has 2 rings (SSSR count). The van der Waals surface area contributed by atoms with Gasteiger partial charge in [-0.15, -0.1) is 0 Å². The first kappa shape index (κ1) is 7.73. The Morgan fingerprint density at radius 1 is 1.33 bits per heavy atom. The predicted octanol–water partition coefficient (Wildman–Crippen LogP) is 1.58. The van der Waals surface area contributed by atoms with Crippen LogP contribution < -0.4 is 0 Å². The van der Waals surface area contributed by atoms with Crippen molar-refractivity contribution < 1.29 is 12.8 Å². The molecule has 0 saturated carbocycles. The van der Waals surface area contributed by atoms with E-state index >= 15 is 0 Å². The van der Waals surface area contributed by atoms with E-state index < -0.39 is 15.3 Å². The Hall–Kier alpha value is -0.900. The average Bonchev–Trinajstić information content (AvgIpc) is 2.24. The molecule has 0 amide bonds. The van der Waals surface area contributed by atoms with E-state index in [0.717, 1.165) is 0 Å². The molecule has 0 fully saturated rings. The maximum atomic E-state index is 13.1. The van der Waals surface area contributed by atoms with Crippen molar-refractivity contribution in [2.45, 2.75) is 11.3 Å². The number of hydrogen-bond acceptors (Lipinski definition) is 2. The van der Waals surface area contributed by atoms with Gasteiger partial charge in [0.25, 0.3) is 0 Å². The zero-order valence-electron chi connectivity index (χ0n) is 6.20. The van der Waals surface area contributed by atoms with Gasteiger partial charge in [-0.3, -0.25) is 0 Å². The maximum absolute atomic E-state index is 13.1. The molecule has 1 atom stereocenters. The van der Waals surface area contributed by atoms with Crippen molar-refractivity contribution in [3.05, 3.63) is 35.4 Å². The molecule has 2 nitrogen and oxygen atoms in total. The average molecular weight is 186 g/mol. The minimum Gasteiger partial charge on any atom is -0.225 e. The van der Waals surface area contributed by atoms with Crippen molar-refractivity contribution in [3.63, 3.8) is 0 Å². The van der Waals surface area contributed by atoms with Crippen LogP contribution in [0.15, 0.2) is 24.3 Å². The van der Waals surface area contributed by atoms with Crippen LogP contribution in [0.4, 0.5) is 4.39 Å². The number of alkyl halides is 1. The first-order valence-corrected chi connectivity index (χ1v) is 5.26. The van der Waals surface area contributed by atoms with Crippen molar-refractivity contribution in [1.82, 2.24) is 0 Å². The highest BCUT2D eigenvalue weighted by Gasteiger charge is 2.35. The summed E-state index contributed by atoms with van der Waals surface area (Å²) in [4.78, 5) is 0. The fourth-order valence-corrected chi connectivity index (χ4v) is 2.83. The van der Waals surface area contributed by atoms with Gasteiger partial charge in [0.1, 0.15) is 0 Å². The Kier molecular flexibility index (Phi) is 1.48. The Balaban J connectivity index is 2.64. The fraction of sp³-hybridized carbons (Fsp3) is 0.250. The van der Waals surface area contributed by atoms with Crippen LogP contribution in [-0.4, -0.2) is 8.42 Å². The minimum absolute atomic E-state index is 0.162. The molecule has 0 bridgehead atoms. The topological polar surface area (TPSA) is 34.1 Å². The molecule has 64 valence electrons. The second-order valence-corrected chi connectivity index (χ2v) is 4.85. The summed E-state index contributed by atoms with van der Waals surface area (Å²) in [5, 5.41) is 0. The van der Waals surface area contributed by atoms with Gasteiger partial charge in [-0.05, 0) is 5.56 Å². The van der Waals surface area contributed by atoms with Gasteiger partial charge < -0.3 is 0 Å². The standard InChI is InChI=1S/C8H7FO2S/c9-8-7-4-2-1-3-6(7)5-12(8,10)11/h1-4,8H,5H2/t8-/m0/s1. The molecule has 0 aliphatic carbocycles. The van der Waals surface area contributed by atoms with Crippen LogP contribution in [0.2, 0.25) is 0 Å². The highest BCUT2D eigenvalue weighted by molar-refractivity contribution is 7.91. The number of hydrogen-bond donors (Lipinski definition) is 0. The SMILES string of the molecule is O=S1(=O)Cc2ccccc2[C@H]1F. The third-order valence-electron chi connectivity index (χ3n) is 1.97. The summed E-state index contributed by atoms with van der Waals surface area (Å²) in [5.74, 6) is -0.162. The Morgan fingerprint density at radius 3 is 2.67 bits per heavy atom. The lowest BCUT2D eigenvalue weighted by atomic mass is 10.1. The van der Waals surface area contributed by atoms with Crippen molar-refractivity contribution >= 4 is 9.84 Å². The number of fused-ring (bicyclic) bond motifs is 1. The summed E-state index contributed by atoms with van der Waals surface area (Å²) in [5.41, 5.74) is -0.920. The third kappa shape index (κ3) is 0.948. The number of sulfone groups is 1. The quantitative estimate of drug-likeness (QED) is 0.616.